The van der Waals surface area contributed by atoms with Crippen LogP contribution in [-0.4, -0.2) is 35.1 Å². The van der Waals surface area contributed by atoms with Crippen molar-refractivity contribution in [3.63, 3.8) is 0 Å². The van der Waals surface area contributed by atoms with Crippen LogP contribution in [0.4, 0.5) is 10.5 Å². The normalized spacial score (nSPS) is 17.8. The Morgan fingerprint density at radius 2 is 2.00 bits per heavy atom. The molecule has 3 rings (SSSR count). The molecule has 5 nitrogen and oxygen atoms in total. The second kappa shape index (κ2) is 5.76. The smallest absolute Gasteiger partial charge is 0.321 e. The predicted molar refractivity (Wildman–Crippen MR) is 79.4 cm³/mol. The third kappa shape index (κ3) is 3.01. The Hall–Kier alpha value is -2.04. The van der Waals surface area contributed by atoms with Crippen molar-refractivity contribution in [1.82, 2.24) is 4.90 Å². The number of carboxylic acid groups (broad SMARTS) is 1. The zero-order valence-electron chi connectivity index (χ0n) is 12.0. The molecule has 21 heavy (non-hydrogen) atoms. The monoisotopic (exact) mass is 288 g/mol. The van der Waals surface area contributed by atoms with E-state index in [1.807, 2.05) is 12.1 Å². The maximum Gasteiger partial charge on any atom is 0.321 e. The number of nitrogens with zero attached hydrogens (tertiary/aromatic N) is 1. The summed E-state index contributed by atoms with van der Waals surface area (Å²) in [6.45, 7) is 1.07. The number of nitrogens with one attached hydrogen (secondary N) is 1. The van der Waals surface area contributed by atoms with E-state index >= 15 is 0 Å². The molecule has 0 saturated carbocycles. The van der Waals surface area contributed by atoms with Gasteiger partial charge in [0, 0.05) is 24.7 Å². The zero-order valence-corrected chi connectivity index (χ0v) is 12.0. The van der Waals surface area contributed by atoms with Crippen LogP contribution in [0.3, 0.4) is 0 Å². The Balaban J connectivity index is 1.60. The first-order valence-electron chi connectivity index (χ1n) is 7.52. The molecule has 0 bridgehead atoms. The molecule has 1 fully saturated rings. The van der Waals surface area contributed by atoms with Crippen molar-refractivity contribution in [3.05, 3.63) is 29.3 Å². The molecule has 1 aromatic rings. The van der Waals surface area contributed by atoms with Crippen molar-refractivity contribution in [3.8, 4) is 0 Å². The minimum atomic E-state index is -0.794. The quantitative estimate of drug-likeness (QED) is 0.898. The van der Waals surface area contributed by atoms with Gasteiger partial charge in [-0.15, -0.1) is 0 Å². The first-order chi connectivity index (χ1) is 10.1. The summed E-state index contributed by atoms with van der Waals surface area (Å²) in [6, 6.07) is 5.96. The van der Waals surface area contributed by atoms with Crippen LogP contribution in [0.2, 0.25) is 0 Å². The number of rotatable bonds is 3. The molecule has 1 aliphatic heterocycles. The molecule has 0 spiro atoms. The van der Waals surface area contributed by atoms with Gasteiger partial charge in [0.15, 0.2) is 0 Å². The molecule has 1 saturated heterocycles. The number of aryl methyl sites for hydroxylation is 1. The van der Waals surface area contributed by atoms with Crippen LogP contribution in [0.1, 0.15) is 30.4 Å². The van der Waals surface area contributed by atoms with Gasteiger partial charge in [0.2, 0.25) is 0 Å². The maximum atomic E-state index is 12.2. The summed E-state index contributed by atoms with van der Waals surface area (Å²) < 4.78 is 0. The Morgan fingerprint density at radius 3 is 2.76 bits per heavy atom. The minimum absolute atomic E-state index is 0.0953. The van der Waals surface area contributed by atoms with E-state index in [1.165, 1.54) is 24.0 Å². The fraction of sp³-hybridized carbons (Fsp3) is 0.500. The van der Waals surface area contributed by atoms with E-state index in [1.54, 1.807) is 4.90 Å². The lowest BCUT2D eigenvalue weighted by atomic mass is 9.90. The topological polar surface area (TPSA) is 69.6 Å². The van der Waals surface area contributed by atoms with Crippen LogP contribution in [0, 0.1) is 5.92 Å². The second-order valence-corrected chi connectivity index (χ2v) is 5.95. The summed E-state index contributed by atoms with van der Waals surface area (Å²) in [4.78, 5) is 24.5. The number of anilines is 1. The van der Waals surface area contributed by atoms with Gasteiger partial charge >= 0.3 is 12.0 Å². The average Bonchev–Trinajstić information content (AvgIpc) is 2.42. The number of hydrogen-bond acceptors (Lipinski definition) is 2. The maximum absolute atomic E-state index is 12.2. The Bertz CT molecular complexity index is 565. The summed E-state index contributed by atoms with van der Waals surface area (Å²) in [5.74, 6) is -0.699. The Kier molecular flexibility index (Phi) is 3.82. The van der Waals surface area contributed by atoms with Gasteiger partial charge < -0.3 is 15.3 Å². The molecule has 5 heteroatoms. The van der Waals surface area contributed by atoms with Gasteiger partial charge in [0.25, 0.3) is 0 Å². The number of benzene rings is 1. The van der Waals surface area contributed by atoms with Gasteiger partial charge in [-0.25, -0.2) is 4.79 Å². The Morgan fingerprint density at radius 1 is 1.24 bits per heavy atom. The molecular weight excluding hydrogens is 268 g/mol. The molecule has 112 valence electrons. The highest BCUT2D eigenvalue weighted by molar-refractivity contribution is 5.91. The highest BCUT2D eigenvalue weighted by atomic mass is 16.4. The lowest BCUT2D eigenvalue weighted by Gasteiger charge is -2.38. The molecule has 0 aromatic heterocycles. The number of likely N-dealkylation sites (tertiary alicyclic amines) is 1. The average molecular weight is 288 g/mol. The third-order valence-electron chi connectivity index (χ3n) is 4.35. The van der Waals surface area contributed by atoms with Crippen molar-refractivity contribution >= 4 is 17.7 Å². The lowest BCUT2D eigenvalue weighted by Crippen LogP contribution is -2.52. The van der Waals surface area contributed by atoms with E-state index < -0.39 is 5.97 Å². The number of fused-ring (bicyclic) bond motifs is 1. The van der Waals surface area contributed by atoms with Crippen LogP contribution < -0.4 is 5.32 Å². The molecular formula is C16H20N2O3. The molecule has 2 N–H and O–H groups in total. The third-order valence-corrected chi connectivity index (χ3v) is 4.35. The van der Waals surface area contributed by atoms with Gasteiger partial charge in [0.1, 0.15) is 0 Å². The van der Waals surface area contributed by atoms with E-state index in [0.29, 0.717) is 13.1 Å². The number of amides is 2. The largest absolute Gasteiger partial charge is 0.481 e. The summed E-state index contributed by atoms with van der Waals surface area (Å²) in [5.41, 5.74) is 3.52. The molecule has 2 aliphatic rings. The van der Waals surface area contributed by atoms with Crippen molar-refractivity contribution in [2.75, 3.05) is 18.4 Å². The predicted octanol–water partition coefficient (Wildman–Crippen LogP) is 2.50. The molecule has 2 amide bonds. The highest BCUT2D eigenvalue weighted by Gasteiger charge is 2.32. The van der Waals surface area contributed by atoms with Gasteiger partial charge in [0.05, 0.1) is 6.42 Å². The minimum Gasteiger partial charge on any atom is -0.481 e. The van der Waals surface area contributed by atoms with E-state index in [-0.39, 0.29) is 18.4 Å². The number of carbonyl (C=O) groups is 2. The molecule has 1 heterocycles. The Labute approximate surface area is 123 Å². The first kappa shape index (κ1) is 13.9. The van der Waals surface area contributed by atoms with Crippen LogP contribution in [0.15, 0.2) is 18.2 Å². The molecule has 1 aliphatic carbocycles. The molecule has 0 unspecified atom stereocenters. The van der Waals surface area contributed by atoms with E-state index in [4.69, 9.17) is 5.11 Å². The molecule has 0 atom stereocenters. The van der Waals surface area contributed by atoms with Crippen molar-refractivity contribution in [1.29, 1.82) is 0 Å². The molecule has 1 aromatic carbocycles. The summed E-state index contributed by atoms with van der Waals surface area (Å²) in [6.07, 6.45) is 4.64. The van der Waals surface area contributed by atoms with Crippen LogP contribution in [0.5, 0.6) is 0 Å². The van der Waals surface area contributed by atoms with E-state index in [0.717, 1.165) is 18.5 Å². The summed E-state index contributed by atoms with van der Waals surface area (Å²) in [7, 11) is 0. The zero-order chi connectivity index (χ0) is 14.8. The van der Waals surface area contributed by atoms with Gasteiger partial charge in [-0.05, 0) is 42.9 Å². The summed E-state index contributed by atoms with van der Waals surface area (Å²) in [5, 5.41) is 11.7. The van der Waals surface area contributed by atoms with Gasteiger partial charge in [-0.3, -0.25) is 4.79 Å². The highest BCUT2D eigenvalue weighted by Crippen LogP contribution is 2.28. The lowest BCUT2D eigenvalue weighted by molar-refractivity contribution is -0.139. The SMILES string of the molecule is O=C(O)CC1CN(C(=O)Nc2cccc3c2CCCC3)C1. The fourth-order valence-electron chi connectivity index (χ4n) is 3.20. The van der Waals surface area contributed by atoms with Gasteiger partial charge in [-0.1, -0.05) is 12.1 Å². The van der Waals surface area contributed by atoms with Crippen LogP contribution in [-0.2, 0) is 17.6 Å². The number of aliphatic carboxylic acids is 1. The number of carbonyl (C=O) groups excluding carboxylic acids is 1. The number of carboxylic acids is 1. The van der Waals surface area contributed by atoms with Crippen molar-refractivity contribution < 1.29 is 14.7 Å². The fourth-order valence-corrected chi connectivity index (χ4v) is 3.20. The van der Waals surface area contributed by atoms with Gasteiger partial charge in [-0.2, -0.15) is 0 Å². The van der Waals surface area contributed by atoms with E-state index in [9.17, 15) is 9.59 Å². The summed E-state index contributed by atoms with van der Waals surface area (Å²) >= 11 is 0. The molecule has 0 radical (unpaired) electrons. The standard InChI is InChI=1S/C16H20N2O3/c19-15(20)8-11-9-18(10-11)16(21)17-14-7-3-5-12-4-1-2-6-13(12)14/h3,5,7,11H,1-2,4,6,8-10H2,(H,17,21)(H,19,20). The number of hydrogen-bond donors (Lipinski definition) is 2. The number of urea groups is 1. The first-order valence-corrected chi connectivity index (χ1v) is 7.52. The van der Waals surface area contributed by atoms with Crippen molar-refractivity contribution in [2.45, 2.75) is 32.1 Å². The van der Waals surface area contributed by atoms with Crippen molar-refractivity contribution in [2.24, 2.45) is 5.92 Å². The van der Waals surface area contributed by atoms with Crippen LogP contribution in [0.25, 0.3) is 0 Å². The van der Waals surface area contributed by atoms with Crippen LogP contribution >= 0.6 is 0 Å². The van der Waals surface area contributed by atoms with E-state index in [2.05, 4.69) is 11.4 Å². The second-order valence-electron chi connectivity index (χ2n) is 5.95.